The van der Waals surface area contributed by atoms with E-state index in [-0.39, 0.29) is 23.6 Å². The second-order valence-electron chi connectivity index (χ2n) is 6.99. The molecule has 1 saturated heterocycles. The zero-order valence-corrected chi connectivity index (χ0v) is 16.4. The van der Waals surface area contributed by atoms with Gasteiger partial charge in [0.15, 0.2) is 5.69 Å². The summed E-state index contributed by atoms with van der Waals surface area (Å²) in [4.78, 5) is 26.6. The molecule has 0 unspecified atom stereocenters. The van der Waals surface area contributed by atoms with Crippen LogP contribution in [0, 0.1) is 6.92 Å². The number of aromatic nitrogens is 5. The molecule has 0 aromatic carbocycles. The molecule has 1 atom stereocenters. The number of rotatable bonds is 9. The van der Waals surface area contributed by atoms with Crippen LogP contribution >= 0.6 is 0 Å². The predicted molar refractivity (Wildman–Crippen MR) is 101 cm³/mol. The van der Waals surface area contributed by atoms with Crippen molar-refractivity contribution in [1.82, 2.24) is 35.0 Å². The van der Waals surface area contributed by atoms with Crippen LogP contribution in [0.15, 0.2) is 18.6 Å². The standard InChI is InChI=1S/C18H27N7O3/c1-14-10-20-23(11-14)8-5-17(26)25-7-3-4-15(25)12-24-13-16(21-22-24)18(27)19-6-9-28-2/h10-11,13,15H,3-9,12H2,1-2H3,(H,19,27)/t15-/m0/s1. The molecule has 0 bridgehead atoms. The van der Waals surface area contributed by atoms with E-state index in [1.54, 1.807) is 28.9 Å². The third kappa shape index (κ3) is 5.16. The van der Waals surface area contributed by atoms with Crippen molar-refractivity contribution in [3.8, 4) is 0 Å². The van der Waals surface area contributed by atoms with Gasteiger partial charge < -0.3 is 15.0 Å². The fraction of sp³-hybridized carbons (Fsp3) is 0.611. The maximum absolute atomic E-state index is 12.6. The summed E-state index contributed by atoms with van der Waals surface area (Å²) in [6.07, 6.45) is 7.65. The maximum atomic E-state index is 12.6. The van der Waals surface area contributed by atoms with Crippen LogP contribution in [0.1, 0.15) is 35.3 Å². The molecular weight excluding hydrogens is 362 g/mol. The average Bonchev–Trinajstić information content (AvgIpc) is 3.41. The molecule has 2 amide bonds. The average molecular weight is 389 g/mol. The number of aryl methyl sites for hydroxylation is 2. The molecule has 152 valence electrons. The van der Waals surface area contributed by atoms with Gasteiger partial charge >= 0.3 is 0 Å². The molecule has 1 fully saturated rings. The van der Waals surface area contributed by atoms with Gasteiger partial charge in [-0.2, -0.15) is 5.10 Å². The predicted octanol–water partition coefficient (Wildman–Crippen LogP) is 0.241. The molecular formula is C18H27N7O3. The minimum Gasteiger partial charge on any atom is -0.383 e. The lowest BCUT2D eigenvalue weighted by Crippen LogP contribution is -2.38. The Morgan fingerprint density at radius 3 is 2.93 bits per heavy atom. The van der Waals surface area contributed by atoms with Crippen molar-refractivity contribution >= 4 is 11.8 Å². The number of hydrogen-bond donors (Lipinski definition) is 1. The summed E-state index contributed by atoms with van der Waals surface area (Å²) in [7, 11) is 1.58. The molecule has 10 nitrogen and oxygen atoms in total. The number of ether oxygens (including phenoxy) is 1. The van der Waals surface area contributed by atoms with Gasteiger partial charge in [0.1, 0.15) is 0 Å². The third-order valence-corrected chi connectivity index (χ3v) is 4.78. The van der Waals surface area contributed by atoms with E-state index in [0.29, 0.717) is 32.7 Å². The Bertz CT molecular complexity index is 801. The highest BCUT2D eigenvalue weighted by Crippen LogP contribution is 2.20. The van der Waals surface area contributed by atoms with E-state index in [1.165, 1.54) is 0 Å². The lowest BCUT2D eigenvalue weighted by Gasteiger charge is -2.24. The molecule has 1 N–H and O–H groups in total. The topological polar surface area (TPSA) is 107 Å². The van der Waals surface area contributed by atoms with E-state index in [9.17, 15) is 9.59 Å². The lowest BCUT2D eigenvalue weighted by molar-refractivity contribution is -0.132. The lowest BCUT2D eigenvalue weighted by atomic mass is 10.2. The monoisotopic (exact) mass is 389 g/mol. The van der Waals surface area contributed by atoms with Gasteiger partial charge in [-0.3, -0.25) is 14.3 Å². The summed E-state index contributed by atoms with van der Waals surface area (Å²) in [6.45, 7) is 4.70. The highest BCUT2D eigenvalue weighted by atomic mass is 16.5. The van der Waals surface area contributed by atoms with Crippen LogP contribution in [-0.4, -0.2) is 74.3 Å². The largest absolute Gasteiger partial charge is 0.383 e. The zero-order chi connectivity index (χ0) is 19.9. The van der Waals surface area contributed by atoms with Crippen LogP contribution < -0.4 is 5.32 Å². The van der Waals surface area contributed by atoms with Gasteiger partial charge in [-0.05, 0) is 25.3 Å². The first-order valence-electron chi connectivity index (χ1n) is 9.52. The van der Waals surface area contributed by atoms with Crippen molar-refractivity contribution < 1.29 is 14.3 Å². The van der Waals surface area contributed by atoms with Gasteiger partial charge in [0.2, 0.25) is 5.91 Å². The Hall–Kier alpha value is -2.75. The number of carbonyl (C=O) groups is 2. The van der Waals surface area contributed by atoms with Crippen molar-refractivity contribution in [2.75, 3.05) is 26.8 Å². The molecule has 28 heavy (non-hydrogen) atoms. The van der Waals surface area contributed by atoms with Crippen LogP contribution in [0.2, 0.25) is 0 Å². The number of methoxy groups -OCH3 is 1. The number of amides is 2. The number of hydrogen-bond acceptors (Lipinski definition) is 6. The first-order chi connectivity index (χ1) is 13.6. The van der Waals surface area contributed by atoms with Gasteiger partial charge in [-0.1, -0.05) is 5.21 Å². The number of nitrogens with one attached hydrogen (secondary N) is 1. The summed E-state index contributed by atoms with van der Waals surface area (Å²) < 4.78 is 8.34. The third-order valence-electron chi connectivity index (χ3n) is 4.78. The fourth-order valence-electron chi connectivity index (χ4n) is 3.36. The smallest absolute Gasteiger partial charge is 0.273 e. The van der Waals surface area contributed by atoms with Gasteiger partial charge in [0, 0.05) is 39.4 Å². The molecule has 0 saturated carbocycles. The second kappa shape index (κ2) is 9.45. The summed E-state index contributed by atoms with van der Waals surface area (Å²) in [5.74, 6) is -0.162. The molecule has 0 radical (unpaired) electrons. The van der Waals surface area contributed by atoms with Gasteiger partial charge in [-0.25, -0.2) is 4.68 Å². The number of nitrogens with zero attached hydrogens (tertiary/aromatic N) is 6. The van der Waals surface area contributed by atoms with E-state index in [2.05, 4.69) is 20.7 Å². The minimum absolute atomic E-state index is 0.0676. The Labute approximate surface area is 163 Å². The van der Waals surface area contributed by atoms with E-state index >= 15 is 0 Å². The van der Waals surface area contributed by atoms with Crippen molar-refractivity contribution in [3.05, 3.63) is 29.8 Å². The van der Waals surface area contributed by atoms with Crippen LogP contribution in [0.4, 0.5) is 0 Å². The summed E-state index contributed by atoms with van der Waals surface area (Å²) in [5.41, 5.74) is 1.35. The summed E-state index contributed by atoms with van der Waals surface area (Å²) in [5, 5.41) is 14.9. The number of likely N-dealkylation sites (tertiary alicyclic amines) is 1. The molecule has 1 aliphatic rings. The second-order valence-corrected chi connectivity index (χ2v) is 6.99. The van der Waals surface area contributed by atoms with Crippen molar-refractivity contribution in [1.29, 1.82) is 0 Å². The molecule has 3 heterocycles. The summed E-state index contributed by atoms with van der Waals surface area (Å²) >= 11 is 0. The van der Waals surface area contributed by atoms with Crippen molar-refractivity contribution in [3.63, 3.8) is 0 Å². The van der Waals surface area contributed by atoms with Crippen LogP contribution in [-0.2, 0) is 22.6 Å². The van der Waals surface area contributed by atoms with Crippen LogP contribution in [0.25, 0.3) is 0 Å². The van der Waals surface area contributed by atoms with Crippen LogP contribution in [0.5, 0.6) is 0 Å². The van der Waals surface area contributed by atoms with Gasteiger partial charge in [-0.15, -0.1) is 5.10 Å². The highest BCUT2D eigenvalue weighted by Gasteiger charge is 2.29. The van der Waals surface area contributed by atoms with E-state index in [1.807, 2.05) is 18.0 Å². The minimum atomic E-state index is -0.280. The fourth-order valence-corrected chi connectivity index (χ4v) is 3.36. The summed E-state index contributed by atoms with van der Waals surface area (Å²) in [6, 6.07) is 0.0676. The maximum Gasteiger partial charge on any atom is 0.273 e. The molecule has 10 heteroatoms. The van der Waals surface area contributed by atoms with E-state index in [0.717, 1.165) is 24.9 Å². The normalized spacial score (nSPS) is 16.5. The first-order valence-corrected chi connectivity index (χ1v) is 9.52. The molecule has 0 spiro atoms. The Kier molecular flexibility index (Phi) is 6.75. The van der Waals surface area contributed by atoms with E-state index in [4.69, 9.17) is 4.74 Å². The van der Waals surface area contributed by atoms with Crippen molar-refractivity contribution in [2.45, 2.75) is 45.3 Å². The quantitative estimate of drug-likeness (QED) is 0.616. The molecule has 2 aromatic heterocycles. The number of carbonyl (C=O) groups excluding carboxylic acids is 2. The molecule has 2 aromatic rings. The molecule has 3 rings (SSSR count). The Morgan fingerprint density at radius 2 is 2.18 bits per heavy atom. The molecule has 0 aliphatic carbocycles. The Morgan fingerprint density at radius 1 is 1.32 bits per heavy atom. The first kappa shape index (κ1) is 20.0. The van der Waals surface area contributed by atoms with Crippen LogP contribution in [0.3, 0.4) is 0 Å². The van der Waals surface area contributed by atoms with E-state index < -0.39 is 0 Å². The van der Waals surface area contributed by atoms with Gasteiger partial charge in [0.25, 0.3) is 5.91 Å². The zero-order valence-electron chi connectivity index (χ0n) is 16.4. The van der Waals surface area contributed by atoms with Crippen molar-refractivity contribution in [2.24, 2.45) is 0 Å². The SMILES string of the molecule is COCCNC(=O)c1cn(C[C@@H]2CCCN2C(=O)CCn2cc(C)cn2)nn1. The highest BCUT2D eigenvalue weighted by molar-refractivity contribution is 5.91. The molecule has 1 aliphatic heterocycles. The Balaban J connectivity index is 1.52. The van der Waals surface area contributed by atoms with Gasteiger partial charge in [0.05, 0.1) is 31.6 Å².